The summed E-state index contributed by atoms with van der Waals surface area (Å²) in [6, 6.07) is 1.80. The number of nitrogens with zero attached hydrogens (tertiary/aromatic N) is 5. The van der Waals surface area contributed by atoms with Crippen LogP contribution in [-0.4, -0.2) is 29.3 Å². The van der Waals surface area contributed by atoms with E-state index in [4.69, 9.17) is 23.8 Å². The fourth-order valence-electron chi connectivity index (χ4n) is 1.76. The molecular weight excluding hydrogens is 272 g/mol. The number of pyridine rings is 1. The summed E-state index contributed by atoms with van der Waals surface area (Å²) in [5.41, 5.74) is 1.57. The van der Waals surface area contributed by atoms with Gasteiger partial charge in [0.05, 0.1) is 17.1 Å². The molecule has 0 fully saturated rings. The number of fused-ring (bicyclic) bond motifs is 1. The highest BCUT2D eigenvalue weighted by Gasteiger charge is 2.09. The molecule has 0 aliphatic carbocycles. The van der Waals surface area contributed by atoms with Crippen LogP contribution < -0.4 is 0 Å². The van der Waals surface area contributed by atoms with Gasteiger partial charge in [-0.25, -0.2) is 4.98 Å². The van der Waals surface area contributed by atoms with Crippen LogP contribution in [0.25, 0.3) is 11.2 Å². The summed E-state index contributed by atoms with van der Waals surface area (Å²) in [5.74, 6) is 0.809. The Balaban J connectivity index is 2.15. The summed E-state index contributed by atoms with van der Waals surface area (Å²) in [4.78, 5) is 7.36. The van der Waals surface area contributed by atoms with Gasteiger partial charge in [-0.15, -0.1) is 10.2 Å². The molecule has 0 spiro atoms. The maximum absolute atomic E-state index is 5.90. The second-order valence-electron chi connectivity index (χ2n) is 3.90. The number of aromatic amines is 1. The normalized spacial score (nSPS) is 11.2. The molecule has 92 valence electrons. The molecule has 3 aromatic heterocycles. The third-order valence-electron chi connectivity index (χ3n) is 2.68. The number of hydrogen-bond acceptors (Lipinski definition) is 4. The Bertz CT molecular complexity index is 770. The van der Waals surface area contributed by atoms with E-state index >= 15 is 0 Å². The molecule has 0 aromatic carbocycles. The lowest BCUT2D eigenvalue weighted by atomic mass is 10.4. The molecule has 6 nitrogen and oxygen atoms in total. The van der Waals surface area contributed by atoms with E-state index in [0.717, 1.165) is 17.0 Å². The molecule has 0 radical (unpaired) electrons. The summed E-state index contributed by atoms with van der Waals surface area (Å²) in [6.07, 6.45) is 3.25. The summed E-state index contributed by atoms with van der Waals surface area (Å²) < 4.78 is 4.30. The quantitative estimate of drug-likeness (QED) is 0.729. The maximum atomic E-state index is 5.90. The third-order valence-corrected chi connectivity index (χ3v) is 3.21. The van der Waals surface area contributed by atoms with Gasteiger partial charge in [-0.1, -0.05) is 11.6 Å². The lowest BCUT2D eigenvalue weighted by Gasteiger charge is -2.02. The van der Waals surface area contributed by atoms with Crippen molar-refractivity contribution < 1.29 is 0 Å². The van der Waals surface area contributed by atoms with Crippen LogP contribution in [0.4, 0.5) is 0 Å². The molecule has 18 heavy (non-hydrogen) atoms. The molecule has 0 saturated heterocycles. The van der Waals surface area contributed by atoms with Gasteiger partial charge in [0.2, 0.25) is 0 Å². The summed E-state index contributed by atoms with van der Waals surface area (Å²) in [7, 11) is 1.89. The SMILES string of the molecule is Cn1cnnc1Cn1c(=S)[nH]c2cc(Cl)cnc21. The summed E-state index contributed by atoms with van der Waals surface area (Å²) in [6.45, 7) is 0.518. The summed E-state index contributed by atoms with van der Waals surface area (Å²) >= 11 is 11.2. The van der Waals surface area contributed by atoms with Gasteiger partial charge in [-0.2, -0.15) is 0 Å². The van der Waals surface area contributed by atoms with Crippen LogP contribution in [0.2, 0.25) is 5.02 Å². The zero-order valence-electron chi connectivity index (χ0n) is 9.46. The minimum absolute atomic E-state index is 0.518. The molecule has 0 bridgehead atoms. The van der Waals surface area contributed by atoms with Gasteiger partial charge in [0, 0.05) is 13.2 Å². The van der Waals surface area contributed by atoms with E-state index in [1.165, 1.54) is 0 Å². The standard InChI is InChI=1S/C10H9ClN6S/c1-16-5-13-15-8(16)4-17-9-7(14-10(17)18)2-6(11)3-12-9/h2-3,5H,4H2,1H3,(H,14,18). The minimum Gasteiger partial charge on any atom is -0.329 e. The van der Waals surface area contributed by atoms with Crippen LogP contribution in [0, 0.1) is 4.77 Å². The van der Waals surface area contributed by atoms with E-state index in [1.807, 2.05) is 16.2 Å². The highest BCUT2D eigenvalue weighted by molar-refractivity contribution is 7.71. The zero-order chi connectivity index (χ0) is 12.7. The van der Waals surface area contributed by atoms with Crippen molar-refractivity contribution in [3.63, 3.8) is 0 Å². The third kappa shape index (κ3) is 1.81. The van der Waals surface area contributed by atoms with Gasteiger partial charge in [0.1, 0.15) is 6.33 Å². The number of imidazole rings is 1. The average Bonchev–Trinajstić information content (AvgIpc) is 2.85. The molecule has 0 aliphatic heterocycles. The maximum Gasteiger partial charge on any atom is 0.179 e. The molecule has 0 saturated carbocycles. The van der Waals surface area contributed by atoms with Crippen LogP contribution in [0.5, 0.6) is 0 Å². The van der Waals surface area contributed by atoms with Gasteiger partial charge in [0.25, 0.3) is 0 Å². The first kappa shape index (κ1) is 11.4. The average molecular weight is 281 g/mol. The molecule has 0 unspecified atom stereocenters. The molecule has 1 N–H and O–H groups in total. The van der Waals surface area contributed by atoms with Crippen molar-refractivity contribution in [3.05, 3.63) is 34.2 Å². The topological polar surface area (TPSA) is 64.3 Å². The second kappa shape index (κ2) is 4.18. The van der Waals surface area contributed by atoms with Crippen LogP contribution in [-0.2, 0) is 13.6 Å². The van der Waals surface area contributed by atoms with Gasteiger partial charge in [0.15, 0.2) is 16.2 Å². The zero-order valence-corrected chi connectivity index (χ0v) is 11.0. The number of aryl methyl sites for hydroxylation is 1. The monoisotopic (exact) mass is 280 g/mol. The Morgan fingerprint density at radius 2 is 2.33 bits per heavy atom. The first-order valence-corrected chi connectivity index (χ1v) is 6.00. The summed E-state index contributed by atoms with van der Waals surface area (Å²) in [5, 5.41) is 8.45. The van der Waals surface area contributed by atoms with Gasteiger partial charge < -0.3 is 9.55 Å². The van der Waals surface area contributed by atoms with Crippen molar-refractivity contribution in [3.8, 4) is 0 Å². The van der Waals surface area contributed by atoms with E-state index in [0.29, 0.717) is 16.3 Å². The van der Waals surface area contributed by atoms with Crippen molar-refractivity contribution in [1.82, 2.24) is 29.3 Å². The van der Waals surface area contributed by atoms with E-state index in [9.17, 15) is 0 Å². The van der Waals surface area contributed by atoms with Crippen molar-refractivity contribution >= 4 is 35.0 Å². The van der Waals surface area contributed by atoms with Crippen LogP contribution in [0.1, 0.15) is 5.82 Å². The predicted molar refractivity (Wildman–Crippen MR) is 70.0 cm³/mol. The van der Waals surface area contributed by atoms with E-state index < -0.39 is 0 Å². The molecule has 3 rings (SSSR count). The number of aromatic nitrogens is 6. The lowest BCUT2D eigenvalue weighted by molar-refractivity contribution is 0.700. The van der Waals surface area contributed by atoms with E-state index in [-0.39, 0.29) is 0 Å². The van der Waals surface area contributed by atoms with Crippen molar-refractivity contribution in [2.75, 3.05) is 0 Å². The fraction of sp³-hybridized carbons (Fsp3) is 0.200. The predicted octanol–water partition coefficient (Wildman–Crippen LogP) is 1.92. The number of H-pyrrole nitrogens is 1. The van der Waals surface area contributed by atoms with Gasteiger partial charge in [-0.05, 0) is 18.3 Å². The van der Waals surface area contributed by atoms with Crippen LogP contribution >= 0.6 is 23.8 Å². The number of rotatable bonds is 2. The van der Waals surface area contributed by atoms with E-state index in [1.54, 1.807) is 18.6 Å². The molecular formula is C10H9ClN6S. The molecule has 3 aromatic rings. The highest BCUT2D eigenvalue weighted by Crippen LogP contribution is 2.17. The minimum atomic E-state index is 0.518. The van der Waals surface area contributed by atoms with Crippen molar-refractivity contribution in [2.45, 2.75) is 6.54 Å². The number of nitrogens with one attached hydrogen (secondary N) is 1. The van der Waals surface area contributed by atoms with Gasteiger partial charge >= 0.3 is 0 Å². The van der Waals surface area contributed by atoms with Gasteiger partial charge in [-0.3, -0.25) is 4.57 Å². The van der Waals surface area contributed by atoms with E-state index in [2.05, 4.69) is 20.2 Å². The number of halogens is 1. The molecule has 8 heteroatoms. The van der Waals surface area contributed by atoms with Crippen LogP contribution in [0.15, 0.2) is 18.6 Å². The second-order valence-corrected chi connectivity index (χ2v) is 4.72. The van der Waals surface area contributed by atoms with Crippen molar-refractivity contribution in [2.24, 2.45) is 7.05 Å². The first-order chi connectivity index (χ1) is 8.65. The largest absolute Gasteiger partial charge is 0.329 e. The molecule has 3 heterocycles. The molecule has 0 amide bonds. The number of hydrogen-bond donors (Lipinski definition) is 1. The Hall–Kier alpha value is -1.73. The molecule has 0 aliphatic rings. The fourth-order valence-corrected chi connectivity index (χ4v) is 2.18. The Morgan fingerprint density at radius 1 is 1.50 bits per heavy atom. The van der Waals surface area contributed by atoms with Crippen LogP contribution in [0.3, 0.4) is 0 Å². The smallest absolute Gasteiger partial charge is 0.179 e. The Labute approximate surface area is 112 Å². The molecule has 0 atom stereocenters. The lowest BCUT2D eigenvalue weighted by Crippen LogP contribution is -2.06. The van der Waals surface area contributed by atoms with Crippen molar-refractivity contribution in [1.29, 1.82) is 0 Å². The highest BCUT2D eigenvalue weighted by atomic mass is 35.5. The first-order valence-electron chi connectivity index (χ1n) is 5.22. The Morgan fingerprint density at radius 3 is 3.06 bits per heavy atom. The Kier molecular flexibility index (Phi) is 2.64.